The summed E-state index contributed by atoms with van der Waals surface area (Å²) >= 11 is 0. The summed E-state index contributed by atoms with van der Waals surface area (Å²) in [7, 11) is -3.44. The van der Waals surface area contributed by atoms with Gasteiger partial charge in [-0.1, -0.05) is 18.2 Å². The Morgan fingerprint density at radius 2 is 1.87 bits per heavy atom. The van der Waals surface area contributed by atoms with Crippen molar-refractivity contribution >= 4 is 33.2 Å². The van der Waals surface area contributed by atoms with Crippen LogP contribution in [0.4, 0.5) is 15.8 Å². The number of nitrogens with zero attached hydrogens (tertiary/aromatic N) is 1. The maximum absolute atomic E-state index is 13.1. The number of hydrogen-bond donors (Lipinski definition) is 2. The summed E-state index contributed by atoms with van der Waals surface area (Å²) in [6, 6.07) is 10.8. The molecule has 1 heterocycles. The molecule has 1 atom stereocenters. The molecule has 2 N–H and O–H groups in total. The Balaban J connectivity index is 1.62. The topological polar surface area (TPSA) is 95.6 Å². The fraction of sp³-hybridized carbons (Fsp3) is 0.364. The van der Waals surface area contributed by atoms with E-state index in [1.807, 2.05) is 0 Å². The molecule has 2 aromatic carbocycles. The third-order valence-corrected chi connectivity index (χ3v) is 5.80. The Kier molecular flexibility index (Phi) is 6.94. The van der Waals surface area contributed by atoms with Crippen LogP contribution in [0, 0.1) is 18.7 Å². The molecule has 0 saturated carbocycles. The second kappa shape index (κ2) is 9.47. The zero-order valence-electron chi connectivity index (χ0n) is 17.5. The molecule has 2 aromatic rings. The van der Waals surface area contributed by atoms with Crippen molar-refractivity contribution in [2.24, 2.45) is 5.92 Å². The normalized spacial score (nSPS) is 16.6. The van der Waals surface area contributed by atoms with E-state index in [0.717, 1.165) is 17.4 Å². The van der Waals surface area contributed by atoms with Gasteiger partial charge in [0.2, 0.25) is 21.8 Å². The van der Waals surface area contributed by atoms with Gasteiger partial charge in [-0.15, -0.1) is 0 Å². The number of hydrogen-bond acceptors (Lipinski definition) is 4. The lowest BCUT2D eigenvalue weighted by Gasteiger charge is -2.32. The largest absolute Gasteiger partial charge is 0.342 e. The molecule has 0 spiro atoms. The molecule has 2 amide bonds. The zero-order chi connectivity index (χ0) is 22.6. The SMILES string of the molecule is Cc1ccc(NC(=O)C2CCCN(C(=O)Cc3ccc(F)cc3)C2)cc1NS(C)(=O)=O. The smallest absolute Gasteiger partial charge is 0.229 e. The van der Waals surface area contributed by atoms with Crippen molar-refractivity contribution in [3.8, 4) is 0 Å². The first-order chi connectivity index (χ1) is 14.6. The van der Waals surface area contributed by atoms with E-state index in [9.17, 15) is 22.4 Å². The van der Waals surface area contributed by atoms with E-state index in [-0.39, 0.29) is 30.0 Å². The van der Waals surface area contributed by atoms with Crippen LogP contribution in [-0.4, -0.2) is 44.5 Å². The van der Waals surface area contributed by atoms with Gasteiger partial charge in [0, 0.05) is 18.8 Å². The van der Waals surface area contributed by atoms with Crippen LogP contribution in [0.5, 0.6) is 0 Å². The average Bonchev–Trinajstić information content (AvgIpc) is 2.71. The Bertz CT molecular complexity index is 1070. The standard InChI is InChI=1S/C22H26FN3O4S/c1-15-5-10-19(13-20(15)25-31(2,29)30)24-22(28)17-4-3-11-26(14-17)21(27)12-16-6-8-18(23)9-7-16/h5-10,13,17,25H,3-4,11-12,14H2,1-2H3,(H,24,28). The quantitative estimate of drug-likeness (QED) is 0.712. The van der Waals surface area contributed by atoms with Gasteiger partial charge in [-0.3, -0.25) is 14.3 Å². The summed E-state index contributed by atoms with van der Waals surface area (Å²) in [6.07, 6.45) is 2.60. The van der Waals surface area contributed by atoms with Crippen molar-refractivity contribution < 1.29 is 22.4 Å². The lowest BCUT2D eigenvalue weighted by atomic mass is 9.96. The van der Waals surface area contributed by atoms with E-state index < -0.39 is 10.0 Å². The number of rotatable bonds is 6. The van der Waals surface area contributed by atoms with E-state index in [1.54, 1.807) is 42.2 Å². The molecular weight excluding hydrogens is 421 g/mol. The molecule has 9 heteroatoms. The minimum atomic E-state index is -3.44. The molecule has 0 bridgehead atoms. The monoisotopic (exact) mass is 447 g/mol. The molecule has 1 aliphatic rings. The van der Waals surface area contributed by atoms with Crippen molar-refractivity contribution in [3.05, 3.63) is 59.4 Å². The van der Waals surface area contributed by atoms with Gasteiger partial charge in [0.15, 0.2) is 0 Å². The fourth-order valence-electron chi connectivity index (χ4n) is 3.56. The van der Waals surface area contributed by atoms with Crippen molar-refractivity contribution in [1.82, 2.24) is 4.90 Å². The van der Waals surface area contributed by atoms with Gasteiger partial charge in [-0.05, 0) is 55.2 Å². The molecule has 7 nitrogen and oxygen atoms in total. The predicted octanol–water partition coefficient (Wildman–Crippen LogP) is 2.93. The Morgan fingerprint density at radius 3 is 2.55 bits per heavy atom. The van der Waals surface area contributed by atoms with Gasteiger partial charge < -0.3 is 10.2 Å². The Labute approximate surface area is 181 Å². The molecule has 0 radical (unpaired) electrons. The van der Waals surface area contributed by atoms with E-state index in [1.165, 1.54) is 12.1 Å². The van der Waals surface area contributed by atoms with Gasteiger partial charge in [0.25, 0.3) is 0 Å². The minimum absolute atomic E-state index is 0.0981. The number of piperidine rings is 1. The first-order valence-corrected chi connectivity index (χ1v) is 11.9. The summed E-state index contributed by atoms with van der Waals surface area (Å²) < 4.78 is 38.5. The maximum Gasteiger partial charge on any atom is 0.229 e. The van der Waals surface area contributed by atoms with E-state index in [0.29, 0.717) is 37.3 Å². The fourth-order valence-corrected chi connectivity index (χ4v) is 4.18. The van der Waals surface area contributed by atoms with Gasteiger partial charge >= 0.3 is 0 Å². The van der Waals surface area contributed by atoms with Gasteiger partial charge in [0.05, 0.1) is 24.3 Å². The van der Waals surface area contributed by atoms with Crippen molar-refractivity contribution in [2.75, 3.05) is 29.4 Å². The van der Waals surface area contributed by atoms with E-state index in [4.69, 9.17) is 0 Å². The first-order valence-electron chi connectivity index (χ1n) is 10.0. The van der Waals surface area contributed by atoms with Crippen LogP contribution in [0.2, 0.25) is 0 Å². The molecule has 0 aromatic heterocycles. The molecule has 3 rings (SSSR count). The number of carbonyl (C=O) groups excluding carboxylic acids is 2. The maximum atomic E-state index is 13.1. The summed E-state index contributed by atoms with van der Waals surface area (Å²) in [6.45, 7) is 2.66. The lowest BCUT2D eigenvalue weighted by molar-refractivity contribution is -0.133. The second-order valence-corrected chi connectivity index (χ2v) is 9.62. The van der Waals surface area contributed by atoms with Crippen LogP contribution in [0.25, 0.3) is 0 Å². The van der Waals surface area contributed by atoms with Crippen LogP contribution in [0.15, 0.2) is 42.5 Å². The van der Waals surface area contributed by atoms with Crippen LogP contribution < -0.4 is 10.0 Å². The molecular formula is C22H26FN3O4S. The van der Waals surface area contributed by atoms with Crippen LogP contribution in [0.1, 0.15) is 24.0 Å². The number of anilines is 2. The highest BCUT2D eigenvalue weighted by molar-refractivity contribution is 7.92. The summed E-state index contributed by atoms with van der Waals surface area (Å²) in [5.74, 6) is -1.03. The third-order valence-electron chi connectivity index (χ3n) is 5.21. The van der Waals surface area contributed by atoms with E-state index >= 15 is 0 Å². The molecule has 31 heavy (non-hydrogen) atoms. The molecule has 0 aliphatic carbocycles. The molecule has 1 unspecified atom stereocenters. The number of likely N-dealkylation sites (tertiary alicyclic amines) is 1. The molecule has 1 fully saturated rings. The number of benzene rings is 2. The first kappa shape index (κ1) is 22.7. The Hall–Kier alpha value is -2.94. The highest BCUT2D eigenvalue weighted by Crippen LogP contribution is 2.24. The molecule has 166 valence electrons. The lowest BCUT2D eigenvalue weighted by Crippen LogP contribution is -2.44. The van der Waals surface area contributed by atoms with Gasteiger partial charge in [-0.2, -0.15) is 0 Å². The molecule has 1 saturated heterocycles. The summed E-state index contributed by atoms with van der Waals surface area (Å²) in [5, 5.41) is 2.83. The van der Waals surface area contributed by atoms with Crippen LogP contribution in [-0.2, 0) is 26.0 Å². The van der Waals surface area contributed by atoms with Crippen LogP contribution >= 0.6 is 0 Å². The van der Waals surface area contributed by atoms with Crippen LogP contribution in [0.3, 0.4) is 0 Å². The van der Waals surface area contributed by atoms with Gasteiger partial charge in [-0.25, -0.2) is 12.8 Å². The number of nitrogens with one attached hydrogen (secondary N) is 2. The number of aryl methyl sites for hydroxylation is 1. The summed E-state index contributed by atoms with van der Waals surface area (Å²) in [4.78, 5) is 27.1. The Morgan fingerprint density at radius 1 is 1.16 bits per heavy atom. The molecule has 1 aliphatic heterocycles. The zero-order valence-corrected chi connectivity index (χ0v) is 18.3. The number of sulfonamides is 1. The van der Waals surface area contributed by atoms with Crippen molar-refractivity contribution in [2.45, 2.75) is 26.2 Å². The third kappa shape index (κ3) is 6.52. The minimum Gasteiger partial charge on any atom is -0.342 e. The van der Waals surface area contributed by atoms with Crippen molar-refractivity contribution in [3.63, 3.8) is 0 Å². The number of halogens is 1. The highest BCUT2D eigenvalue weighted by atomic mass is 32.2. The average molecular weight is 448 g/mol. The second-order valence-electron chi connectivity index (χ2n) is 7.88. The number of amides is 2. The van der Waals surface area contributed by atoms with E-state index in [2.05, 4.69) is 10.0 Å². The summed E-state index contributed by atoms with van der Waals surface area (Å²) in [5.41, 5.74) is 2.35. The van der Waals surface area contributed by atoms with Crippen molar-refractivity contribution in [1.29, 1.82) is 0 Å². The predicted molar refractivity (Wildman–Crippen MR) is 118 cm³/mol. The highest BCUT2D eigenvalue weighted by Gasteiger charge is 2.28. The van der Waals surface area contributed by atoms with Gasteiger partial charge in [0.1, 0.15) is 5.82 Å². The number of carbonyl (C=O) groups is 2.